The number of aromatic nitrogens is 3. The van der Waals surface area contributed by atoms with Crippen LogP contribution in [-0.2, 0) is 5.92 Å². The first kappa shape index (κ1) is 24.2. The monoisotopic (exact) mass is 518 g/mol. The number of hydrogen-bond acceptors (Lipinski definition) is 5. The molecule has 1 aromatic carbocycles. The van der Waals surface area contributed by atoms with Crippen molar-refractivity contribution in [3.8, 4) is 0 Å². The van der Waals surface area contributed by atoms with Gasteiger partial charge in [-0.3, -0.25) is 0 Å². The molecule has 3 aromatic rings. The molecule has 0 fully saturated rings. The molecule has 3 rings (SSSR count). The van der Waals surface area contributed by atoms with E-state index in [1.807, 2.05) is 0 Å². The van der Waals surface area contributed by atoms with E-state index < -0.39 is 41.2 Å². The number of anilines is 1. The lowest BCUT2D eigenvalue weighted by molar-refractivity contribution is -0.170. The van der Waals surface area contributed by atoms with Gasteiger partial charge in [0.05, 0.1) is 22.8 Å². The van der Waals surface area contributed by atoms with Crippen molar-refractivity contribution < 1.29 is 27.1 Å². The van der Waals surface area contributed by atoms with Gasteiger partial charge < -0.3 is 10.4 Å². The zero-order valence-electron chi connectivity index (χ0n) is 17.5. The first-order valence-electron chi connectivity index (χ1n) is 9.52. The van der Waals surface area contributed by atoms with Crippen molar-refractivity contribution in [3.63, 3.8) is 0 Å². The van der Waals surface area contributed by atoms with Crippen LogP contribution >= 0.6 is 15.9 Å². The molecule has 2 aromatic heterocycles. The summed E-state index contributed by atoms with van der Waals surface area (Å²) in [5.41, 5.74) is -3.08. The second-order valence-electron chi connectivity index (χ2n) is 7.87. The van der Waals surface area contributed by atoms with Gasteiger partial charge in [0.1, 0.15) is 21.8 Å². The predicted molar refractivity (Wildman–Crippen MR) is 113 cm³/mol. The molecule has 0 saturated carbocycles. The molecule has 2 heterocycles. The number of pyridine rings is 1. The Morgan fingerprint density at radius 2 is 1.78 bits per heavy atom. The number of fused-ring (bicyclic) bond motifs is 1. The molecule has 32 heavy (non-hydrogen) atoms. The Hall–Kier alpha value is -2.40. The highest BCUT2D eigenvalue weighted by Gasteiger charge is 2.49. The molecule has 0 unspecified atom stereocenters. The van der Waals surface area contributed by atoms with Crippen molar-refractivity contribution in [3.05, 3.63) is 57.3 Å². The van der Waals surface area contributed by atoms with Crippen LogP contribution in [0.25, 0.3) is 10.9 Å². The third kappa shape index (κ3) is 4.40. The second kappa shape index (κ2) is 8.51. The molecule has 0 aliphatic carbocycles. The van der Waals surface area contributed by atoms with Gasteiger partial charge in [0.25, 0.3) is 6.43 Å². The highest BCUT2D eigenvalue weighted by atomic mass is 79.9. The average Bonchev–Trinajstić information content (AvgIpc) is 2.67. The lowest BCUT2D eigenvalue weighted by Gasteiger charge is -2.30. The number of nitrogens with one attached hydrogen (secondary N) is 1. The van der Waals surface area contributed by atoms with Gasteiger partial charge in [-0.25, -0.2) is 28.1 Å². The molecule has 2 N–H and O–H groups in total. The number of halogens is 6. The first-order valence-corrected chi connectivity index (χ1v) is 10.3. The van der Waals surface area contributed by atoms with E-state index in [1.165, 1.54) is 25.1 Å². The number of aryl methyl sites for hydroxylation is 1. The molecule has 0 aliphatic rings. The fourth-order valence-corrected chi connectivity index (χ4v) is 3.71. The highest BCUT2D eigenvalue weighted by molar-refractivity contribution is 9.10. The molecule has 0 aliphatic heterocycles. The van der Waals surface area contributed by atoms with Crippen LogP contribution in [0.3, 0.4) is 0 Å². The molecular weight excluding hydrogens is 499 g/mol. The second-order valence-corrected chi connectivity index (χ2v) is 8.68. The quantitative estimate of drug-likeness (QED) is 0.300. The maximum atomic E-state index is 15.1. The summed E-state index contributed by atoms with van der Waals surface area (Å²) in [6.45, 7) is 4.83. The van der Waals surface area contributed by atoms with Gasteiger partial charge in [-0.15, -0.1) is 0 Å². The number of alkyl halides is 4. The topological polar surface area (TPSA) is 70.9 Å². The van der Waals surface area contributed by atoms with E-state index in [2.05, 4.69) is 36.2 Å². The minimum atomic E-state index is -3.87. The maximum Gasteiger partial charge on any atom is 0.303 e. The summed E-state index contributed by atoms with van der Waals surface area (Å²) < 4.78 is 71.4. The summed E-state index contributed by atoms with van der Waals surface area (Å²) in [6.07, 6.45) is -2.97. The van der Waals surface area contributed by atoms with Crippen LogP contribution in [0.2, 0.25) is 0 Å². The minimum absolute atomic E-state index is 0.0250. The summed E-state index contributed by atoms with van der Waals surface area (Å²) in [6, 6.07) is 3.99. The molecule has 0 spiro atoms. The van der Waals surface area contributed by atoms with E-state index in [-0.39, 0.29) is 16.9 Å². The summed E-state index contributed by atoms with van der Waals surface area (Å²) in [5, 5.41) is 13.0. The minimum Gasteiger partial charge on any atom is -0.384 e. The molecule has 1 atom stereocenters. The maximum absolute atomic E-state index is 15.1. The third-order valence-electron chi connectivity index (χ3n) is 4.99. The van der Waals surface area contributed by atoms with Gasteiger partial charge in [0.15, 0.2) is 5.82 Å². The number of hydrogen-bond donors (Lipinski definition) is 2. The summed E-state index contributed by atoms with van der Waals surface area (Å²) in [4.78, 5) is 11.9. The summed E-state index contributed by atoms with van der Waals surface area (Å²) in [5.74, 6) is -5.86. The molecule has 0 amide bonds. The van der Waals surface area contributed by atoms with Gasteiger partial charge in [-0.05, 0) is 55.8 Å². The van der Waals surface area contributed by atoms with Crippen molar-refractivity contribution in [1.29, 1.82) is 0 Å². The predicted octanol–water partition coefficient (Wildman–Crippen LogP) is 6.21. The fraction of sp³-hybridized carbons (Fsp3) is 0.381. The van der Waals surface area contributed by atoms with Crippen LogP contribution in [0.5, 0.6) is 0 Å². The Morgan fingerprint density at radius 1 is 1.12 bits per heavy atom. The van der Waals surface area contributed by atoms with E-state index in [0.29, 0.717) is 15.7 Å². The molecule has 0 bridgehead atoms. The Kier molecular flexibility index (Phi) is 6.45. The van der Waals surface area contributed by atoms with Gasteiger partial charge in [0.2, 0.25) is 0 Å². The molecule has 0 saturated heterocycles. The zero-order chi connectivity index (χ0) is 24.0. The van der Waals surface area contributed by atoms with Crippen LogP contribution in [-0.4, -0.2) is 25.7 Å². The van der Waals surface area contributed by atoms with Crippen molar-refractivity contribution in [2.24, 2.45) is 0 Å². The fourth-order valence-electron chi connectivity index (χ4n) is 3.21. The van der Waals surface area contributed by atoms with Crippen molar-refractivity contribution in [2.45, 2.75) is 51.7 Å². The Morgan fingerprint density at radius 3 is 2.38 bits per heavy atom. The van der Waals surface area contributed by atoms with E-state index in [9.17, 15) is 22.7 Å². The average molecular weight is 519 g/mol. The molecule has 5 nitrogen and oxygen atoms in total. The van der Waals surface area contributed by atoms with Crippen molar-refractivity contribution in [2.75, 3.05) is 5.32 Å². The zero-order valence-corrected chi connectivity index (χ0v) is 19.1. The Labute approximate surface area is 189 Å². The van der Waals surface area contributed by atoms with E-state index in [4.69, 9.17) is 0 Å². The summed E-state index contributed by atoms with van der Waals surface area (Å²) >= 11 is 3.23. The number of rotatable bonds is 6. The lowest BCUT2D eigenvalue weighted by atomic mass is 9.91. The highest BCUT2D eigenvalue weighted by Crippen LogP contribution is 2.41. The normalized spacial score (nSPS) is 13.6. The van der Waals surface area contributed by atoms with E-state index >= 15 is 4.39 Å². The first-order chi connectivity index (χ1) is 14.7. The van der Waals surface area contributed by atoms with Crippen LogP contribution in [0.4, 0.5) is 27.8 Å². The smallest absolute Gasteiger partial charge is 0.303 e. The van der Waals surface area contributed by atoms with Gasteiger partial charge in [-0.1, -0.05) is 12.1 Å². The number of nitrogens with zero attached hydrogens (tertiary/aromatic N) is 3. The largest absolute Gasteiger partial charge is 0.384 e. The third-order valence-corrected chi connectivity index (χ3v) is 5.40. The molecule has 172 valence electrons. The van der Waals surface area contributed by atoms with Crippen molar-refractivity contribution >= 4 is 32.7 Å². The Balaban J connectivity index is 2.10. The molecule has 11 heteroatoms. The van der Waals surface area contributed by atoms with Crippen LogP contribution in [0.15, 0.2) is 28.9 Å². The van der Waals surface area contributed by atoms with E-state index in [0.717, 1.165) is 19.9 Å². The van der Waals surface area contributed by atoms with E-state index in [1.54, 1.807) is 6.92 Å². The summed E-state index contributed by atoms with van der Waals surface area (Å²) in [7, 11) is 0. The van der Waals surface area contributed by atoms with Gasteiger partial charge in [-0.2, -0.15) is 8.78 Å². The standard InChI is InChI=1S/C21H20BrF5N4O/c1-9(11-6-5-7-13(15(11)23)21(26,27)20(3,4)32)29-18-12-8-14(22)28-10(2)16(12)30-19(31-18)17(24)25/h5-9,17,32H,1-4H3,(H,29,30,31)/t9-/m1/s1. The lowest BCUT2D eigenvalue weighted by Crippen LogP contribution is -2.41. The molecular formula is C21H20BrF5N4O. The van der Waals surface area contributed by atoms with Gasteiger partial charge in [0, 0.05) is 10.9 Å². The van der Waals surface area contributed by atoms with Crippen molar-refractivity contribution in [1.82, 2.24) is 15.0 Å². The van der Waals surface area contributed by atoms with Crippen LogP contribution in [0.1, 0.15) is 55.9 Å². The van der Waals surface area contributed by atoms with Crippen LogP contribution in [0, 0.1) is 12.7 Å². The van der Waals surface area contributed by atoms with Gasteiger partial charge >= 0.3 is 5.92 Å². The number of benzene rings is 1. The number of aliphatic hydroxyl groups is 1. The Bertz CT molecular complexity index is 1170. The molecule has 0 radical (unpaired) electrons. The van der Waals surface area contributed by atoms with Crippen LogP contribution < -0.4 is 5.32 Å². The SMILES string of the molecule is Cc1nc(Br)cc2c(N[C@H](C)c3cccc(C(F)(F)C(C)(C)O)c3F)nc(C(F)F)nc12.